The lowest BCUT2D eigenvalue weighted by molar-refractivity contribution is 1.02. The Hall–Kier alpha value is -2.60. The molecule has 0 spiro atoms. The van der Waals surface area contributed by atoms with Crippen LogP contribution in [0.2, 0.25) is 0 Å². The van der Waals surface area contributed by atoms with E-state index in [9.17, 15) is 0 Å². The molecule has 1 aromatic carbocycles. The van der Waals surface area contributed by atoms with Gasteiger partial charge in [-0.25, -0.2) is 15.8 Å². The highest BCUT2D eigenvalue weighted by atomic mass is 15.3. The molecule has 2 aromatic heterocycles. The lowest BCUT2D eigenvalue weighted by Gasteiger charge is -2.09. The highest BCUT2D eigenvalue weighted by molar-refractivity contribution is 5.66. The average molecular weight is 280 g/mol. The van der Waals surface area contributed by atoms with Gasteiger partial charge in [0.25, 0.3) is 0 Å². The number of nitrogens with one attached hydrogen (secondary N) is 2. The van der Waals surface area contributed by atoms with Gasteiger partial charge in [0.2, 0.25) is 0 Å². The Morgan fingerprint density at radius 2 is 2.10 bits per heavy atom. The third-order valence-corrected chi connectivity index (χ3v) is 3.86. The molecular weight excluding hydrogens is 264 g/mol. The fourth-order valence-electron chi connectivity index (χ4n) is 2.70. The van der Waals surface area contributed by atoms with Crippen molar-refractivity contribution in [2.75, 3.05) is 10.7 Å². The van der Waals surface area contributed by atoms with E-state index in [1.165, 1.54) is 5.56 Å². The number of benzene rings is 1. The Morgan fingerprint density at radius 1 is 1.24 bits per heavy atom. The van der Waals surface area contributed by atoms with Crippen LogP contribution in [0.1, 0.15) is 17.9 Å². The molecule has 6 nitrogen and oxygen atoms in total. The molecule has 21 heavy (non-hydrogen) atoms. The first-order chi connectivity index (χ1) is 10.3. The lowest BCUT2D eigenvalue weighted by Crippen LogP contribution is -2.13. The molecule has 4 rings (SSSR count). The molecule has 1 saturated carbocycles. The van der Waals surface area contributed by atoms with Crippen molar-refractivity contribution < 1.29 is 0 Å². The van der Waals surface area contributed by atoms with Gasteiger partial charge in [0.15, 0.2) is 17.3 Å². The van der Waals surface area contributed by atoms with Crippen LogP contribution in [0.25, 0.3) is 5.65 Å². The van der Waals surface area contributed by atoms with E-state index in [0.29, 0.717) is 17.8 Å². The van der Waals surface area contributed by atoms with Crippen molar-refractivity contribution in [2.45, 2.75) is 18.4 Å². The van der Waals surface area contributed by atoms with E-state index < -0.39 is 0 Å². The van der Waals surface area contributed by atoms with Crippen LogP contribution in [0.15, 0.2) is 48.9 Å². The van der Waals surface area contributed by atoms with Crippen LogP contribution >= 0.6 is 0 Å². The fraction of sp³-hybridized carbons (Fsp3) is 0.200. The maximum Gasteiger partial charge on any atom is 0.180 e. The predicted molar refractivity (Wildman–Crippen MR) is 82.0 cm³/mol. The minimum atomic E-state index is 0.397. The van der Waals surface area contributed by atoms with Gasteiger partial charge in [0, 0.05) is 24.4 Å². The molecule has 0 radical (unpaired) electrons. The van der Waals surface area contributed by atoms with Crippen LogP contribution in [0.5, 0.6) is 0 Å². The predicted octanol–water partition coefficient (Wildman–Crippen LogP) is 1.98. The summed E-state index contributed by atoms with van der Waals surface area (Å²) in [7, 11) is 0. The summed E-state index contributed by atoms with van der Waals surface area (Å²) in [5, 5.41) is 3.48. The van der Waals surface area contributed by atoms with Gasteiger partial charge in [-0.1, -0.05) is 30.3 Å². The van der Waals surface area contributed by atoms with Gasteiger partial charge in [-0.05, 0) is 12.0 Å². The van der Waals surface area contributed by atoms with Gasteiger partial charge < -0.3 is 15.1 Å². The first-order valence-electron chi connectivity index (χ1n) is 6.97. The number of nitrogen functional groups attached to an aromatic ring is 1. The van der Waals surface area contributed by atoms with Crippen LogP contribution in [-0.2, 0) is 0 Å². The molecule has 0 saturated heterocycles. The molecule has 1 aliphatic rings. The number of imidazole rings is 1. The Kier molecular flexibility index (Phi) is 2.75. The SMILES string of the molecule is NNc1cn2ccnc2c(NC2CC2c2ccccc2)n1. The van der Waals surface area contributed by atoms with Crippen LogP contribution in [-0.4, -0.2) is 20.4 Å². The molecule has 4 N–H and O–H groups in total. The summed E-state index contributed by atoms with van der Waals surface area (Å²) in [6, 6.07) is 10.9. The maximum absolute atomic E-state index is 5.47. The van der Waals surface area contributed by atoms with Crippen molar-refractivity contribution in [3.8, 4) is 0 Å². The molecule has 0 aliphatic heterocycles. The molecule has 2 unspecified atom stereocenters. The van der Waals surface area contributed by atoms with Crippen molar-refractivity contribution in [1.29, 1.82) is 0 Å². The minimum absolute atomic E-state index is 0.397. The summed E-state index contributed by atoms with van der Waals surface area (Å²) < 4.78 is 1.91. The zero-order chi connectivity index (χ0) is 14.2. The van der Waals surface area contributed by atoms with Crippen molar-refractivity contribution in [2.24, 2.45) is 5.84 Å². The van der Waals surface area contributed by atoms with Gasteiger partial charge >= 0.3 is 0 Å². The van der Waals surface area contributed by atoms with Crippen molar-refractivity contribution in [1.82, 2.24) is 14.4 Å². The number of hydrogen-bond acceptors (Lipinski definition) is 5. The van der Waals surface area contributed by atoms with Crippen LogP contribution in [0.4, 0.5) is 11.6 Å². The van der Waals surface area contributed by atoms with Gasteiger partial charge in [0.1, 0.15) is 0 Å². The molecule has 1 aliphatic carbocycles. The summed E-state index contributed by atoms with van der Waals surface area (Å²) >= 11 is 0. The Bertz CT molecular complexity index is 766. The quantitative estimate of drug-likeness (QED) is 0.503. The molecule has 0 bridgehead atoms. The number of aromatic nitrogens is 3. The smallest absolute Gasteiger partial charge is 0.180 e. The molecule has 6 heteroatoms. The second kappa shape index (κ2) is 4.75. The van der Waals surface area contributed by atoms with Crippen molar-refractivity contribution in [3.63, 3.8) is 0 Å². The Labute approximate surface area is 122 Å². The molecular formula is C15H16N6. The number of rotatable bonds is 4. The van der Waals surface area contributed by atoms with Gasteiger partial charge in [-0.15, -0.1) is 0 Å². The first kappa shape index (κ1) is 12.2. The number of nitrogens with two attached hydrogens (primary N) is 1. The zero-order valence-electron chi connectivity index (χ0n) is 11.4. The van der Waals surface area contributed by atoms with E-state index in [0.717, 1.165) is 17.9 Å². The number of fused-ring (bicyclic) bond motifs is 1. The van der Waals surface area contributed by atoms with Gasteiger partial charge in [-0.3, -0.25) is 0 Å². The van der Waals surface area contributed by atoms with Crippen LogP contribution in [0, 0.1) is 0 Å². The van der Waals surface area contributed by atoms with E-state index in [4.69, 9.17) is 5.84 Å². The molecule has 3 aromatic rings. The summed E-state index contributed by atoms with van der Waals surface area (Å²) in [6.45, 7) is 0. The normalized spacial score (nSPS) is 20.4. The summed E-state index contributed by atoms with van der Waals surface area (Å²) in [4.78, 5) is 8.81. The first-order valence-corrected chi connectivity index (χ1v) is 6.97. The largest absolute Gasteiger partial charge is 0.364 e. The second-order valence-electron chi connectivity index (χ2n) is 5.28. The van der Waals surface area contributed by atoms with Crippen molar-refractivity contribution >= 4 is 17.3 Å². The summed E-state index contributed by atoms with van der Waals surface area (Å²) in [5.41, 5.74) is 4.76. The molecule has 1 fully saturated rings. The second-order valence-corrected chi connectivity index (χ2v) is 5.28. The van der Waals surface area contributed by atoms with E-state index in [1.807, 2.05) is 22.9 Å². The average Bonchev–Trinajstić information content (AvgIpc) is 3.12. The Balaban J connectivity index is 1.60. The van der Waals surface area contributed by atoms with E-state index in [-0.39, 0.29) is 0 Å². The highest BCUT2D eigenvalue weighted by Crippen LogP contribution is 2.42. The van der Waals surface area contributed by atoms with Crippen LogP contribution in [0.3, 0.4) is 0 Å². The van der Waals surface area contributed by atoms with Crippen molar-refractivity contribution in [3.05, 3.63) is 54.5 Å². The molecule has 2 heterocycles. The fourth-order valence-corrected chi connectivity index (χ4v) is 2.70. The standard InChI is InChI=1S/C15H16N6/c16-20-13-9-21-7-6-17-15(21)14(19-13)18-12-8-11(12)10-4-2-1-3-5-10/h1-7,9,11-12,20H,8,16H2,(H,18,19). The maximum atomic E-state index is 5.47. The number of anilines is 2. The van der Waals surface area contributed by atoms with E-state index >= 15 is 0 Å². The third-order valence-electron chi connectivity index (χ3n) is 3.86. The molecule has 106 valence electrons. The number of nitrogens with zero attached hydrogens (tertiary/aromatic N) is 3. The number of hydrazine groups is 1. The topological polar surface area (TPSA) is 80.3 Å². The number of hydrogen-bond donors (Lipinski definition) is 3. The molecule has 2 atom stereocenters. The van der Waals surface area contributed by atoms with Gasteiger partial charge in [-0.2, -0.15) is 0 Å². The van der Waals surface area contributed by atoms with E-state index in [1.54, 1.807) is 6.20 Å². The lowest BCUT2D eigenvalue weighted by atomic mass is 10.1. The zero-order valence-corrected chi connectivity index (χ0v) is 11.4. The monoisotopic (exact) mass is 280 g/mol. The molecule has 0 amide bonds. The minimum Gasteiger partial charge on any atom is -0.364 e. The highest BCUT2D eigenvalue weighted by Gasteiger charge is 2.38. The third kappa shape index (κ3) is 2.19. The summed E-state index contributed by atoms with van der Waals surface area (Å²) in [6.07, 6.45) is 6.56. The summed E-state index contributed by atoms with van der Waals surface area (Å²) in [5.74, 6) is 7.38. The van der Waals surface area contributed by atoms with Crippen LogP contribution < -0.4 is 16.6 Å². The Morgan fingerprint density at radius 3 is 2.90 bits per heavy atom. The van der Waals surface area contributed by atoms with E-state index in [2.05, 4.69) is 45.0 Å². The van der Waals surface area contributed by atoms with Gasteiger partial charge in [0.05, 0.1) is 6.20 Å².